The van der Waals surface area contributed by atoms with Gasteiger partial charge in [0.05, 0.1) is 0 Å². The number of carbonyl (C=O) groups is 2. The van der Waals surface area contributed by atoms with Gasteiger partial charge >= 0.3 is 5.97 Å². The normalized spacial score (nSPS) is 9.62. The molecule has 0 atom stereocenters. The van der Waals surface area contributed by atoms with Crippen molar-refractivity contribution in [1.82, 2.24) is 0 Å². The molecule has 3 heteroatoms. The van der Waals surface area contributed by atoms with Crippen molar-refractivity contribution in [3.8, 4) is 0 Å². The molecule has 0 spiro atoms. The quantitative estimate of drug-likeness (QED) is 0.487. The number of allylic oxidation sites excluding steroid dienone is 1. The van der Waals surface area contributed by atoms with Gasteiger partial charge in [-0.3, -0.25) is 9.59 Å². The molecule has 0 aliphatic carbocycles. The number of carbonyl (C=O) groups excluding carboxylic acids is 1. The number of hydrogen-bond donors (Lipinski definition) is 1. The third-order valence-electron chi connectivity index (χ3n) is 1.77. The van der Waals surface area contributed by atoms with Crippen LogP contribution in [0.15, 0.2) is 12.2 Å². The van der Waals surface area contributed by atoms with Gasteiger partial charge < -0.3 is 5.11 Å². The highest BCUT2D eigenvalue weighted by Crippen LogP contribution is 2.06. The largest absolute Gasteiger partial charge is 0.481 e. The number of rotatable bonds is 7. The molecule has 0 aromatic heterocycles. The van der Waals surface area contributed by atoms with Crippen molar-refractivity contribution in [2.24, 2.45) is 0 Å². The van der Waals surface area contributed by atoms with Crippen molar-refractivity contribution in [3.63, 3.8) is 0 Å². The topological polar surface area (TPSA) is 54.4 Å². The summed E-state index contributed by atoms with van der Waals surface area (Å²) in [6, 6.07) is 0. The fraction of sp³-hybridized carbons (Fsp3) is 0.600. The highest BCUT2D eigenvalue weighted by molar-refractivity contribution is 5.93. The molecule has 0 fully saturated rings. The zero-order valence-corrected chi connectivity index (χ0v) is 8.01. The van der Waals surface area contributed by atoms with E-state index < -0.39 is 5.97 Å². The lowest BCUT2D eigenvalue weighted by Crippen LogP contribution is -1.98. The molecular weight excluding hydrogens is 168 g/mol. The van der Waals surface area contributed by atoms with Gasteiger partial charge in [0.25, 0.3) is 0 Å². The Morgan fingerprint density at radius 2 is 1.69 bits per heavy atom. The molecular formula is C10H16O3. The Balaban J connectivity index is 3.31. The number of carboxylic acids is 1. The van der Waals surface area contributed by atoms with Crippen LogP contribution in [0.25, 0.3) is 0 Å². The highest BCUT2D eigenvalue weighted by Gasteiger charge is 2.02. The molecule has 3 nitrogen and oxygen atoms in total. The van der Waals surface area contributed by atoms with Crippen molar-refractivity contribution in [2.45, 2.75) is 39.0 Å². The summed E-state index contributed by atoms with van der Waals surface area (Å²) in [6.07, 6.45) is 2.90. The molecule has 0 saturated heterocycles. The average Bonchev–Trinajstić information content (AvgIpc) is 2.02. The van der Waals surface area contributed by atoms with Gasteiger partial charge in [-0.1, -0.05) is 13.0 Å². The van der Waals surface area contributed by atoms with Crippen LogP contribution in [0.5, 0.6) is 0 Å². The van der Waals surface area contributed by atoms with Crippen molar-refractivity contribution >= 4 is 11.8 Å². The van der Waals surface area contributed by atoms with Gasteiger partial charge in [-0.25, -0.2) is 0 Å². The van der Waals surface area contributed by atoms with Gasteiger partial charge in [-0.15, -0.1) is 0 Å². The van der Waals surface area contributed by atoms with E-state index in [-0.39, 0.29) is 12.2 Å². The molecule has 0 bridgehead atoms. The number of carboxylic acid groups (broad SMARTS) is 1. The van der Waals surface area contributed by atoms with Gasteiger partial charge in [-0.2, -0.15) is 0 Å². The van der Waals surface area contributed by atoms with Crippen molar-refractivity contribution in [1.29, 1.82) is 0 Å². The van der Waals surface area contributed by atoms with Gasteiger partial charge in [0.1, 0.15) is 0 Å². The van der Waals surface area contributed by atoms with E-state index in [4.69, 9.17) is 5.11 Å². The first-order chi connectivity index (χ1) is 6.04. The third kappa shape index (κ3) is 7.25. The predicted octanol–water partition coefficient (Wildman–Crippen LogP) is 2.17. The Bertz CT molecular complexity index is 206. The Morgan fingerprint density at radius 1 is 1.15 bits per heavy atom. The van der Waals surface area contributed by atoms with E-state index in [1.807, 2.05) is 0 Å². The summed E-state index contributed by atoms with van der Waals surface area (Å²) >= 11 is 0. The number of hydrogen-bond acceptors (Lipinski definition) is 2. The van der Waals surface area contributed by atoms with Crippen LogP contribution in [0.4, 0.5) is 0 Å². The summed E-state index contributed by atoms with van der Waals surface area (Å²) in [4.78, 5) is 21.1. The average molecular weight is 184 g/mol. The molecule has 0 rings (SSSR count). The highest BCUT2D eigenvalue weighted by atomic mass is 16.4. The van der Waals surface area contributed by atoms with Gasteiger partial charge in [0.15, 0.2) is 5.78 Å². The molecule has 0 radical (unpaired) electrons. The monoisotopic (exact) mass is 184 g/mol. The van der Waals surface area contributed by atoms with E-state index in [9.17, 15) is 9.59 Å². The van der Waals surface area contributed by atoms with E-state index in [0.29, 0.717) is 18.4 Å². The summed E-state index contributed by atoms with van der Waals surface area (Å²) in [6.45, 7) is 5.23. The summed E-state index contributed by atoms with van der Waals surface area (Å²) in [7, 11) is 0. The maximum atomic E-state index is 11.0. The molecule has 0 aromatic rings. The van der Waals surface area contributed by atoms with E-state index in [2.05, 4.69) is 6.58 Å². The molecule has 0 heterocycles. The standard InChI is InChI=1S/C10H16O3/c1-8(2)9(11)6-4-3-5-7-10(12)13/h1,3-7H2,2H3,(H,12,13). The first-order valence-corrected chi connectivity index (χ1v) is 4.44. The molecule has 0 amide bonds. The minimum absolute atomic E-state index is 0.0790. The minimum atomic E-state index is -0.772. The second-order valence-electron chi connectivity index (χ2n) is 3.16. The number of Topliss-reactive ketones (excluding diaryl/α,β-unsaturated/α-hetero) is 1. The van der Waals surface area contributed by atoms with Crippen LogP contribution in [-0.2, 0) is 9.59 Å². The third-order valence-corrected chi connectivity index (χ3v) is 1.77. The lowest BCUT2D eigenvalue weighted by atomic mass is 10.1. The van der Waals surface area contributed by atoms with Crippen LogP contribution in [0, 0.1) is 0 Å². The summed E-state index contributed by atoms with van der Waals surface area (Å²) in [5.74, 6) is -0.693. The molecule has 1 N–H and O–H groups in total. The maximum Gasteiger partial charge on any atom is 0.303 e. The Morgan fingerprint density at radius 3 is 2.15 bits per heavy atom. The second kappa shape index (κ2) is 6.40. The van der Waals surface area contributed by atoms with E-state index in [1.165, 1.54) is 0 Å². The van der Waals surface area contributed by atoms with Crippen LogP contribution in [0.2, 0.25) is 0 Å². The first-order valence-electron chi connectivity index (χ1n) is 4.44. The zero-order chi connectivity index (χ0) is 10.3. The molecule has 13 heavy (non-hydrogen) atoms. The van der Waals surface area contributed by atoms with Gasteiger partial charge in [0, 0.05) is 12.8 Å². The number of aliphatic carboxylic acids is 1. The Labute approximate surface area is 78.5 Å². The SMILES string of the molecule is C=C(C)C(=O)CCCCCC(=O)O. The van der Waals surface area contributed by atoms with E-state index in [0.717, 1.165) is 12.8 Å². The van der Waals surface area contributed by atoms with Crippen molar-refractivity contribution in [2.75, 3.05) is 0 Å². The van der Waals surface area contributed by atoms with Crippen LogP contribution in [0.1, 0.15) is 39.0 Å². The fourth-order valence-electron chi connectivity index (χ4n) is 0.952. The van der Waals surface area contributed by atoms with E-state index in [1.54, 1.807) is 6.92 Å². The van der Waals surface area contributed by atoms with Crippen molar-refractivity contribution < 1.29 is 14.7 Å². The lowest BCUT2D eigenvalue weighted by molar-refractivity contribution is -0.137. The second-order valence-corrected chi connectivity index (χ2v) is 3.16. The summed E-state index contributed by atoms with van der Waals surface area (Å²) in [5.41, 5.74) is 0.582. The molecule has 0 unspecified atom stereocenters. The maximum absolute atomic E-state index is 11.0. The van der Waals surface area contributed by atoms with Crippen LogP contribution in [-0.4, -0.2) is 16.9 Å². The van der Waals surface area contributed by atoms with Gasteiger partial charge in [0.2, 0.25) is 0 Å². The molecule has 0 aromatic carbocycles. The van der Waals surface area contributed by atoms with Crippen LogP contribution < -0.4 is 0 Å². The predicted molar refractivity (Wildman–Crippen MR) is 50.5 cm³/mol. The first kappa shape index (κ1) is 11.9. The zero-order valence-electron chi connectivity index (χ0n) is 8.01. The number of ketones is 1. The van der Waals surface area contributed by atoms with E-state index >= 15 is 0 Å². The van der Waals surface area contributed by atoms with Crippen LogP contribution >= 0.6 is 0 Å². The fourth-order valence-corrected chi connectivity index (χ4v) is 0.952. The molecule has 0 saturated carbocycles. The minimum Gasteiger partial charge on any atom is -0.481 e. The molecule has 74 valence electrons. The Hall–Kier alpha value is -1.12. The molecule has 0 aliphatic heterocycles. The number of unbranched alkanes of at least 4 members (excludes halogenated alkanes) is 2. The van der Waals surface area contributed by atoms with Gasteiger partial charge in [-0.05, 0) is 25.3 Å². The molecule has 0 aliphatic rings. The van der Waals surface area contributed by atoms with Crippen LogP contribution in [0.3, 0.4) is 0 Å². The summed E-state index contributed by atoms with van der Waals surface area (Å²) in [5, 5.41) is 8.33. The lowest BCUT2D eigenvalue weighted by Gasteiger charge is -1.98. The Kier molecular flexibility index (Phi) is 5.85. The smallest absolute Gasteiger partial charge is 0.303 e. The van der Waals surface area contributed by atoms with Crippen molar-refractivity contribution in [3.05, 3.63) is 12.2 Å². The summed E-state index contributed by atoms with van der Waals surface area (Å²) < 4.78 is 0.